The second-order valence-electron chi connectivity index (χ2n) is 4.41. The SMILES string of the molecule is O=C(O)NCCON=C1CCN(c2ncc(Br)cn2)CC1. The van der Waals surface area contributed by atoms with E-state index in [2.05, 4.69) is 41.3 Å². The van der Waals surface area contributed by atoms with Crippen LogP contribution in [0.2, 0.25) is 0 Å². The van der Waals surface area contributed by atoms with E-state index in [1.54, 1.807) is 12.4 Å². The first kappa shape index (κ1) is 15.5. The first-order chi connectivity index (χ1) is 10.1. The third-order valence-electron chi connectivity index (χ3n) is 2.89. The molecule has 8 nitrogen and oxygen atoms in total. The molecule has 1 fully saturated rings. The summed E-state index contributed by atoms with van der Waals surface area (Å²) in [7, 11) is 0. The molecule has 0 saturated carbocycles. The maximum absolute atomic E-state index is 10.2. The molecule has 1 aliphatic rings. The lowest BCUT2D eigenvalue weighted by molar-refractivity contribution is 0.140. The average Bonchev–Trinajstić information content (AvgIpc) is 2.48. The van der Waals surface area contributed by atoms with Gasteiger partial charge >= 0.3 is 6.09 Å². The molecule has 2 heterocycles. The third kappa shape index (κ3) is 5.18. The minimum Gasteiger partial charge on any atom is -0.465 e. The molecule has 2 rings (SSSR count). The molecule has 1 aromatic rings. The summed E-state index contributed by atoms with van der Waals surface area (Å²) in [6.45, 7) is 2.04. The van der Waals surface area contributed by atoms with Gasteiger partial charge in [0.1, 0.15) is 6.61 Å². The van der Waals surface area contributed by atoms with Crippen molar-refractivity contribution < 1.29 is 14.7 Å². The van der Waals surface area contributed by atoms with Gasteiger partial charge in [0.2, 0.25) is 5.95 Å². The van der Waals surface area contributed by atoms with Crippen LogP contribution in [0.25, 0.3) is 0 Å². The highest BCUT2D eigenvalue weighted by Crippen LogP contribution is 2.15. The van der Waals surface area contributed by atoms with Crippen LogP contribution in [-0.2, 0) is 4.84 Å². The highest BCUT2D eigenvalue weighted by molar-refractivity contribution is 9.10. The Morgan fingerprint density at radius 3 is 2.71 bits per heavy atom. The van der Waals surface area contributed by atoms with Crippen molar-refractivity contribution >= 4 is 33.7 Å². The van der Waals surface area contributed by atoms with Crippen LogP contribution >= 0.6 is 15.9 Å². The third-order valence-corrected chi connectivity index (χ3v) is 3.30. The van der Waals surface area contributed by atoms with Gasteiger partial charge in [-0.25, -0.2) is 14.8 Å². The van der Waals surface area contributed by atoms with E-state index >= 15 is 0 Å². The summed E-state index contributed by atoms with van der Waals surface area (Å²) < 4.78 is 0.855. The van der Waals surface area contributed by atoms with Crippen molar-refractivity contribution in [1.29, 1.82) is 0 Å². The van der Waals surface area contributed by atoms with Gasteiger partial charge in [-0.05, 0) is 15.9 Å². The number of halogens is 1. The molecule has 2 N–H and O–H groups in total. The Morgan fingerprint density at radius 2 is 2.10 bits per heavy atom. The summed E-state index contributed by atoms with van der Waals surface area (Å²) in [4.78, 5) is 25.9. The van der Waals surface area contributed by atoms with Crippen molar-refractivity contribution in [2.24, 2.45) is 5.16 Å². The number of piperidine rings is 1. The number of aromatic nitrogens is 2. The Morgan fingerprint density at radius 1 is 1.43 bits per heavy atom. The maximum atomic E-state index is 10.2. The summed E-state index contributed by atoms with van der Waals surface area (Å²) in [5.74, 6) is 0.712. The molecule has 0 bridgehead atoms. The van der Waals surface area contributed by atoms with Crippen molar-refractivity contribution in [2.75, 3.05) is 31.1 Å². The number of hydrogen-bond donors (Lipinski definition) is 2. The van der Waals surface area contributed by atoms with E-state index in [1.807, 2.05) is 0 Å². The molecule has 1 aromatic heterocycles. The number of nitrogens with zero attached hydrogens (tertiary/aromatic N) is 4. The van der Waals surface area contributed by atoms with Gasteiger partial charge in [-0.2, -0.15) is 0 Å². The fourth-order valence-electron chi connectivity index (χ4n) is 1.87. The van der Waals surface area contributed by atoms with Crippen molar-refractivity contribution in [3.63, 3.8) is 0 Å². The molecular weight excluding hydrogens is 342 g/mol. The van der Waals surface area contributed by atoms with Crippen LogP contribution in [0.4, 0.5) is 10.7 Å². The zero-order valence-electron chi connectivity index (χ0n) is 11.3. The lowest BCUT2D eigenvalue weighted by Crippen LogP contribution is -2.35. The number of carbonyl (C=O) groups is 1. The van der Waals surface area contributed by atoms with Gasteiger partial charge in [-0.1, -0.05) is 5.16 Å². The average molecular weight is 358 g/mol. The molecule has 1 saturated heterocycles. The second kappa shape index (κ2) is 7.77. The molecule has 0 aliphatic carbocycles. The molecule has 0 spiro atoms. The first-order valence-electron chi connectivity index (χ1n) is 6.52. The Labute approximate surface area is 130 Å². The molecule has 9 heteroatoms. The zero-order valence-corrected chi connectivity index (χ0v) is 12.9. The standard InChI is InChI=1S/C12H16BrN5O3/c13-9-7-15-11(16-8-9)18-4-1-10(2-5-18)17-21-6-3-14-12(19)20/h7-8,14H,1-6H2,(H,19,20). The fourth-order valence-corrected chi connectivity index (χ4v) is 2.07. The molecule has 114 valence electrons. The number of nitrogens with one attached hydrogen (secondary N) is 1. The predicted octanol–water partition coefficient (Wildman–Crippen LogP) is 1.48. The van der Waals surface area contributed by atoms with Crippen LogP contribution < -0.4 is 10.2 Å². The van der Waals surface area contributed by atoms with Crippen LogP contribution in [0.15, 0.2) is 22.0 Å². The number of amides is 1. The molecule has 1 amide bonds. The van der Waals surface area contributed by atoms with Gasteiger partial charge in [0.25, 0.3) is 0 Å². The van der Waals surface area contributed by atoms with E-state index in [0.29, 0.717) is 5.95 Å². The maximum Gasteiger partial charge on any atom is 0.404 e. The van der Waals surface area contributed by atoms with Crippen LogP contribution in [-0.4, -0.2) is 53.1 Å². The van der Waals surface area contributed by atoms with Gasteiger partial charge < -0.3 is 20.2 Å². The lowest BCUT2D eigenvalue weighted by Gasteiger charge is -2.27. The number of anilines is 1. The predicted molar refractivity (Wildman–Crippen MR) is 80.6 cm³/mol. The zero-order chi connectivity index (χ0) is 15.1. The first-order valence-corrected chi connectivity index (χ1v) is 7.31. The van der Waals surface area contributed by atoms with Crippen LogP contribution in [0.1, 0.15) is 12.8 Å². The van der Waals surface area contributed by atoms with Gasteiger partial charge in [0, 0.05) is 38.3 Å². The summed E-state index contributed by atoms with van der Waals surface area (Å²) in [5, 5.41) is 14.6. The fraction of sp³-hybridized carbons (Fsp3) is 0.500. The Bertz CT molecular complexity index is 498. The minimum atomic E-state index is -1.06. The van der Waals surface area contributed by atoms with Gasteiger partial charge in [-0.3, -0.25) is 0 Å². The molecule has 0 unspecified atom stereocenters. The smallest absolute Gasteiger partial charge is 0.404 e. The number of oxime groups is 1. The molecular formula is C12H16BrN5O3. The van der Waals surface area contributed by atoms with E-state index in [4.69, 9.17) is 9.94 Å². The van der Waals surface area contributed by atoms with Gasteiger partial charge in [0.15, 0.2) is 0 Å². The summed E-state index contributed by atoms with van der Waals surface area (Å²) >= 11 is 3.31. The number of carboxylic acid groups (broad SMARTS) is 1. The van der Waals surface area contributed by atoms with Crippen LogP contribution in [0.3, 0.4) is 0 Å². The number of hydrogen-bond acceptors (Lipinski definition) is 6. The Kier molecular flexibility index (Phi) is 5.73. The van der Waals surface area contributed by atoms with E-state index < -0.39 is 6.09 Å². The minimum absolute atomic E-state index is 0.227. The quantitative estimate of drug-likeness (QED) is 0.611. The highest BCUT2D eigenvalue weighted by Gasteiger charge is 2.17. The van der Waals surface area contributed by atoms with E-state index in [0.717, 1.165) is 36.1 Å². The van der Waals surface area contributed by atoms with E-state index in [1.165, 1.54) is 0 Å². The van der Waals surface area contributed by atoms with Crippen LogP contribution in [0, 0.1) is 0 Å². The van der Waals surface area contributed by atoms with Crippen molar-refractivity contribution in [3.05, 3.63) is 16.9 Å². The van der Waals surface area contributed by atoms with Crippen molar-refractivity contribution in [3.8, 4) is 0 Å². The van der Waals surface area contributed by atoms with E-state index in [-0.39, 0.29) is 13.2 Å². The largest absolute Gasteiger partial charge is 0.465 e. The van der Waals surface area contributed by atoms with Crippen LogP contribution in [0.5, 0.6) is 0 Å². The molecule has 21 heavy (non-hydrogen) atoms. The normalized spacial score (nSPS) is 14.7. The Balaban J connectivity index is 1.72. The van der Waals surface area contributed by atoms with E-state index in [9.17, 15) is 4.79 Å². The van der Waals surface area contributed by atoms with Gasteiger partial charge in [0.05, 0.1) is 16.7 Å². The summed E-state index contributed by atoms with van der Waals surface area (Å²) in [6, 6.07) is 0. The molecule has 0 radical (unpaired) electrons. The molecule has 0 atom stereocenters. The summed E-state index contributed by atoms with van der Waals surface area (Å²) in [6.07, 6.45) is 3.96. The lowest BCUT2D eigenvalue weighted by atomic mass is 10.1. The molecule has 1 aliphatic heterocycles. The summed E-state index contributed by atoms with van der Waals surface area (Å²) in [5.41, 5.74) is 0.971. The van der Waals surface area contributed by atoms with Crippen molar-refractivity contribution in [2.45, 2.75) is 12.8 Å². The highest BCUT2D eigenvalue weighted by atomic mass is 79.9. The van der Waals surface area contributed by atoms with Gasteiger partial charge in [-0.15, -0.1) is 0 Å². The Hall–Kier alpha value is -1.90. The monoisotopic (exact) mass is 357 g/mol. The second-order valence-corrected chi connectivity index (χ2v) is 5.33. The molecule has 0 aromatic carbocycles. The van der Waals surface area contributed by atoms with Crippen molar-refractivity contribution in [1.82, 2.24) is 15.3 Å². The topological polar surface area (TPSA) is 99.9 Å². The number of rotatable bonds is 5.